The van der Waals surface area contributed by atoms with E-state index in [2.05, 4.69) is 0 Å². The molecule has 2 rings (SSSR count). The van der Waals surface area contributed by atoms with Gasteiger partial charge >= 0.3 is 5.97 Å². The second-order valence-corrected chi connectivity index (χ2v) is 4.54. The Morgan fingerprint density at radius 1 is 1.47 bits per heavy atom. The third-order valence-electron chi connectivity index (χ3n) is 2.45. The molecule has 0 aliphatic carbocycles. The number of rotatable bonds is 4. The Kier molecular flexibility index (Phi) is 4.09. The highest BCUT2D eigenvalue weighted by Crippen LogP contribution is 2.24. The van der Waals surface area contributed by atoms with Gasteiger partial charge in [0.05, 0.1) is 12.2 Å². The van der Waals surface area contributed by atoms with Crippen LogP contribution in [0.2, 0.25) is 0 Å². The maximum absolute atomic E-state index is 11.7. The largest absolute Gasteiger partial charge is 0.487 e. The summed E-state index contributed by atoms with van der Waals surface area (Å²) in [6, 6.07) is 9.00. The molecule has 0 amide bonds. The van der Waals surface area contributed by atoms with E-state index in [9.17, 15) is 4.79 Å². The number of esters is 1. The lowest BCUT2D eigenvalue weighted by Gasteiger charge is -2.07. The lowest BCUT2D eigenvalue weighted by molar-refractivity contribution is 0.0442. The summed E-state index contributed by atoms with van der Waals surface area (Å²) >= 11 is 1.57. The molecule has 17 heavy (non-hydrogen) atoms. The summed E-state index contributed by atoms with van der Waals surface area (Å²) in [4.78, 5) is 11.7. The van der Waals surface area contributed by atoms with Crippen LogP contribution in [0.15, 0.2) is 41.5 Å². The predicted octanol–water partition coefficient (Wildman–Crippen LogP) is 2.69. The highest BCUT2D eigenvalue weighted by Gasteiger charge is 2.18. The van der Waals surface area contributed by atoms with Gasteiger partial charge in [0.15, 0.2) is 0 Å². The van der Waals surface area contributed by atoms with Crippen LogP contribution in [0.5, 0.6) is 0 Å². The van der Waals surface area contributed by atoms with Crippen molar-refractivity contribution in [2.24, 2.45) is 5.92 Å². The lowest BCUT2D eigenvalue weighted by Crippen LogP contribution is -2.13. The highest BCUT2D eigenvalue weighted by atomic mass is 32.2. The molecule has 1 aromatic rings. The van der Waals surface area contributed by atoms with Gasteiger partial charge in [-0.15, -0.1) is 0 Å². The molecule has 0 saturated heterocycles. The summed E-state index contributed by atoms with van der Waals surface area (Å²) in [5.74, 6) is -0.110. The van der Waals surface area contributed by atoms with Gasteiger partial charge in [-0.2, -0.15) is 0 Å². The van der Waals surface area contributed by atoms with Gasteiger partial charge in [-0.25, -0.2) is 4.79 Å². The molecule has 0 fully saturated rings. The van der Waals surface area contributed by atoms with Gasteiger partial charge in [0, 0.05) is 5.92 Å². The highest BCUT2D eigenvalue weighted by molar-refractivity contribution is 8.02. The van der Waals surface area contributed by atoms with E-state index in [4.69, 9.17) is 9.47 Å². The summed E-state index contributed by atoms with van der Waals surface area (Å²) < 4.78 is 10.6. The van der Waals surface area contributed by atoms with Crippen molar-refractivity contribution in [1.29, 1.82) is 0 Å². The zero-order chi connectivity index (χ0) is 12.1. The van der Waals surface area contributed by atoms with Crippen LogP contribution in [0.1, 0.15) is 10.4 Å². The average molecular weight is 250 g/mol. The van der Waals surface area contributed by atoms with Crippen LogP contribution in [0.25, 0.3) is 0 Å². The Hall–Kier alpha value is -1.42. The van der Waals surface area contributed by atoms with Crippen molar-refractivity contribution in [3.63, 3.8) is 0 Å². The smallest absolute Gasteiger partial charge is 0.338 e. The van der Waals surface area contributed by atoms with Crippen LogP contribution in [0.3, 0.4) is 0 Å². The summed E-state index contributed by atoms with van der Waals surface area (Å²) in [6.07, 6.45) is 3.97. The molecule has 1 unspecified atom stereocenters. The van der Waals surface area contributed by atoms with Crippen LogP contribution < -0.4 is 0 Å². The normalized spacial score (nSPS) is 18.4. The van der Waals surface area contributed by atoms with Gasteiger partial charge in [-0.1, -0.05) is 30.0 Å². The van der Waals surface area contributed by atoms with Crippen LogP contribution in [0.4, 0.5) is 0 Å². The minimum absolute atomic E-state index is 0.171. The number of benzene rings is 1. The monoisotopic (exact) mass is 250 g/mol. The first-order valence-corrected chi connectivity index (χ1v) is 6.63. The molecular formula is C13H14O3S. The topological polar surface area (TPSA) is 35.5 Å². The molecular weight excluding hydrogens is 236 g/mol. The van der Waals surface area contributed by atoms with E-state index in [0.29, 0.717) is 18.8 Å². The molecule has 3 nitrogen and oxygen atoms in total. The minimum Gasteiger partial charge on any atom is -0.487 e. The molecule has 0 bridgehead atoms. The van der Waals surface area contributed by atoms with E-state index in [1.807, 2.05) is 30.5 Å². The van der Waals surface area contributed by atoms with E-state index in [-0.39, 0.29) is 11.9 Å². The van der Waals surface area contributed by atoms with Crippen molar-refractivity contribution in [3.8, 4) is 0 Å². The number of hydrogen-bond donors (Lipinski definition) is 0. The number of thioether (sulfide) groups is 1. The van der Waals surface area contributed by atoms with Crippen LogP contribution in [-0.2, 0) is 9.47 Å². The van der Waals surface area contributed by atoms with E-state index < -0.39 is 0 Å². The Balaban J connectivity index is 1.83. The van der Waals surface area contributed by atoms with Crippen LogP contribution >= 0.6 is 11.8 Å². The summed E-state index contributed by atoms with van der Waals surface area (Å²) in [7, 11) is 0. The molecule has 4 heteroatoms. The minimum atomic E-state index is -0.281. The van der Waals surface area contributed by atoms with Gasteiger partial charge in [-0.05, 0) is 24.5 Å². The van der Waals surface area contributed by atoms with Gasteiger partial charge in [0.2, 0.25) is 0 Å². The predicted molar refractivity (Wildman–Crippen MR) is 67.8 cm³/mol. The molecule has 1 atom stereocenters. The van der Waals surface area contributed by atoms with Crippen molar-refractivity contribution < 1.29 is 14.3 Å². The molecule has 0 N–H and O–H groups in total. The number of carbonyl (C=O) groups is 1. The van der Waals surface area contributed by atoms with E-state index >= 15 is 0 Å². The van der Waals surface area contributed by atoms with Crippen LogP contribution in [-0.4, -0.2) is 25.4 Å². The molecule has 90 valence electrons. The first-order chi connectivity index (χ1) is 8.29. The van der Waals surface area contributed by atoms with Crippen molar-refractivity contribution in [3.05, 3.63) is 47.1 Å². The molecule has 1 aromatic carbocycles. The Morgan fingerprint density at radius 2 is 2.24 bits per heavy atom. The van der Waals surface area contributed by atoms with Crippen molar-refractivity contribution in [1.82, 2.24) is 0 Å². The fourth-order valence-electron chi connectivity index (χ4n) is 1.54. The quantitative estimate of drug-likeness (QED) is 0.770. The maximum atomic E-state index is 11.7. The first-order valence-electron chi connectivity index (χ1n) is 5.40. The standard InChI is InChI=1S/C13H14O3S/c1-17-12-7-10(8-15-12)9-16-13(14)11-5-3-2-4-6-11/h2-7,10H,8-9H2,1H3. The summed E-state index contributed by atoms with van der Waals surface area (Å²) in [5.41, 5.74) is 0.584. The lowest BCUT2D eigenvalue weighted by atomic mass is 10.2. The second-order valence-electron chi connectivity index (χ2n) is 3.73. The molecule has 1 aliphatic heterocycles. The van der Waals surface area contributed by atoms with E-state index in [1.165, 1.54) is 0 Å². The molecule has 0 radical (unpaired) electrons. The van der Waals surface area contributed by atoms with Gasteiger partial charge in [-0.3, -0.25) is 0 Å². The SMILES string of the molecule is CSC1=CC(COC(=O)c2ccccc2)CO1. The second kappa shape index (κ2) is 5.77. The number of ether oxygens (including phenoxy) is 2. The first kappa shape index (κ1) is 12.0. The fourth-order valence-corrected chi connectivity index (χ4v) is 2.06. The van der Waals surface area contributed by atoms with Crippen molar-refractivity contribution in [2.45, 2.75) is 0 Å². The van der Waals surface area contributed by atoms with Crippen molar-refractivity contribution in [2.75, 3.05) is 19.5 Å². The summed E-state index contributed by atoms with van der Waals surface area (Å²) in [5, 5.41) is 0.908. The van der Waals surface area contributed by atoms with Gasteiger partial charge in [0.25, 0.3) is 0 Å². The third kappa shape index (κ3) is 3.27. The molecule has 0 saturated carbocycles. The van der Waals surface area contributed by atoms with Crippen molar-refractivity contribution >= 4 is 17.7 Å². The van der Waals surface area contributed by atoms with Gasteiger partial charge < -0.3 is 9.47 Å². The number of carbonyl (C=O) groups excluding carboxylic acids is 1. The summed E-state index contributed by atoms with van der Waals surface area (Å²) in [6.45, 7) is 0.968. The third-order valence-corrected chi connectivity index (χ3v) is 3.11. The average Bonchev–Trinajstić information content (AvgIpc) is 2.85. The van der Waals surface area contributed by atoms with Crippen LogP contribution in [0, 0.1) is 5.92 Å². The molecule has 1 heterocycles. The zero-order valence-corrected chi connectivity index (χ0v) is 10.4. The molecule has 1 aliphatic rings. The Bertz CT molecular complexity index is 414. The maximum Gasteiger partial charge on any atom is 0.338 e. The van der Waals surface area contributed by atoms with Gasteiger partial charge in [0.1, 0.15) is 11.7 Å². The number of hydrogen-bond acceptors (Lipinski definition) is 4. The van der Waals surface area contributed by atoms with E-state index in [1.54, 1.807) is 23.9 Å². The van der Waals surface area contributed by atoms with E-state index in [0.717, 1.165) is 5.09 Å². The fraction of sp³-hybridized carbons (Fsp3) is 0.308. The molecule has 0 aromatic heterocycles. The Morgan fingerprint density at radius 3 is 2.88 bits per heavy atom. The zero-order valence-electron chi connectivity index (χ0n) is 9.59. The molecule has 0 spiro atoms. The Labute approximate surface area is 105 Å².